The van der Waals surface area contributed by atoms with E-state index in [9.17, 15) is 14.5 Å². The lowest BCUT2D eigenvalue weighted by Gasteiger charge is -2.01. The number of nitro benzene ring substituents is 1. The lowest BCUT2D eigenvalue weighted by atomic mass is 10.1. The summed E-state index contributed by atoms with van der Waals surface area (Å²) in [4.78, 5) is 10.1. The Bertz CT molecular complexity index is 552. The minimum absolute atomic E-state index is 0.0833. The Morgan fingerprint density at radius 3 is 2.81 bits per heavy atom. The summed E-state index contributed by atoms with van der Waals surface area (Å²) in [6, 6.07) is 3.15. The highest BCUT2D eigenvalue weighted by Gasteiger charge is 2.19. The highest BCUT2D eigenvalue weighted by molar-refractivity contribution is 5.78. The maximum absolute atomic E-state index is 13.0. The predicted octanol–water partition coefficient (Wildman–Crippen LogP) is 1.71. The van der Waals surface area contributed by atoms with E-state index >= 15 is 0 Å². The molecule has 2 aromatic rings. The highest BCUT2D eigenvalue weighted by Crippen LogP contribution is 2.32. The van der Waals surface area contributed by atoms with Crippen LogP contribution < -0.4 is 5.73 Å². The Morgan fingerprint density at radius 1 is 1.50 bits per heavy atom. The first kappa shape index (κ1) is 10.1. The highest BCUT2D eigenvalue weighted by atomic mass is 19.1. The summed E-state index contributed by atoms with van der Waals surface area (Å²) in [6.07, 6.45) is 1.31. The van der Waals surface area contributed by atoms with Crippen LogP contribution in [0.2, 0.25) is 0 Å². The molecular formula is C9H7FN4O2. The molecule has 3 N–H and O–H groups in total. The van der Waals surface area contributed by atoms with Crippen LogP contribution in [0, 0.1) is 15.9 Å². The first-order chi connectivity index (χ1) is 7.59. The lowest BCUT2D eigenvalue weighted by molar-refractivity contribution is -0.384. The molecule has 0 unspecified atom stereocenters. The summed E-state index contributed by atoms with van der Waals surface area (Å²) in [7, 11) is 0. The van der Waals surface area contributed by atoms with Crippen LogP contribution >= 0.6 is 0 Å². The number of nitro groups is 1. The summed E-state index contributed by atoms with van der Waals surface area (Å²) >= 11 is 0. The van der Waals surface area contributed by atoms with Crippen molar-refractivity contribution < 1.29 is 9.31 Å². The average molecular weight is 222 g/mol. The zero-order valence-corrected chi connectivity index (χ0v) is 7.98. The second kappa shape index (κ2) is 3.61. The third-order valence-electron chi connectivity index (χ3n) is 2.09. The second-order valence-electron chi connectivity index (χ2n) is 3.12. The van der Waals surface area contributed by atoms with Crippen LogP contribution in [0.25, 0.3) is 11.3 Å². The van der Waals surface area contributed by atoms with Gasteiger partial charge in [-0.2, -0.15) is 5.10 Å². The third kappa shape index (κ3) is 1.58. The molecule has 0 spiro atoms. The number of H-pyrrole nitrogens is 1. The van der Waals surface area contributed by atoms with Gasteiger partial charge in [-0.25, -0.2) is 4.39 Å². The number of nitrogen functional groups attached to an aromatic ring is 1. The van der Waals surface area contributed by atoms with Crippen LogP contribution in [-0.4, -0.2) is 15.1 Å². The molecule has 0 aliphatic carbocycles. The molecule has 0 saturated heterocycles. The van der Waals surface area contributed by atoms with Crippen molar-refractivity contribution in [2.75, 3.05) is 5.73 Å². The van der Waals surface area contributed by atoms with Crippen LogP contribution in [0.5, 0.6) is 0 Å². The van der Waals surface area contributed by atoms with E-state index < -0.39 is 10.7 Å². The number of nitrogens with one attached hydrogen (secondary N) is 1. The normalized spacial score (nSPS) is 10.3. The second-order valence-corrected chi connectivity index (χ2v) is 3.12. The van der Waals surface area contributed by atoms with Gasteiger partial charge >= 0.3 is 0 Å². The quantitative estimate of drug-likeness (QED) is 0.596. The lowest BCUT2D eigenvalue weighted by Crippen LogP contribution is -1.95. The van der Waals surface area contributed by atoms with Gasteiger partial charge in [0, 0.05) is 6.07 Å². The van der Waals surface area contributed by atoms with E-state index in [4.69, 9.17) is 5.73 Å². The van der Waals surface area contributed by atoms with E-state index in [0.29, 0.717) is 0 Å². The van der Waals surface area contributed by atoms with E-state index in [-0.39, 0.29) is 22.6 Å². The van der Waals surface area contributed by atoms with Crippen LogP contribution in [0.15, 0.2) is 24.4 Å². The number of aromatic nitrogens is 2. The van der Waals surface area contributed by atoms with E-state index in [2.05, 4.69) is 10.2 Å². The van der Waals surface area contributed by atoms with Gasteiger partial charge in [0.2, 0.25) is 0 Å². The molecule has 1 aromatic heterocycles. The van der Waals surface area contributed by atoms with Gasteiger partial charge in [-0.15, -0.1) is 0 Å². The summed E-state index contributed by atoms with van der Waals surface area (Å²) in [5.74, 6) is -0.574. The largest absolute Gasteiger partial charge is 0.396 e. The Kier molecular flexibility index (Phi) is 2.28. The van der Waals surface area contributed by atoms with Crippen LogP contribution in [0.4, 0.5) is 15.8 Å². The molecule has 7 heteroatoms. The fraction of sp³-hybridized carbons (Fsp3) is 0. The van der Waals surface area contributed by atoms with Gasteiger partial charge in [0.15, 0.2) is 0 Å². The standard InChI is InChI=1S/C9H7FN4O2/c10-5-1-2-8(14(15)16)6(3-5)9-7(11)4-12-13-9/h1-4H,11H2,(H,12,13). The van der Waals surface area contributed by atoms with Gasteiger partial charge in [0.1, 0.15) is 5.82 Å². The number of nitrogens with two attached hydrogens (primary N) is 1. The average Bonchev–Trinajstić information content (AvgIpc) is 2.63. The van der Waals surface area contributed by atoms with Crippen LogP contribution in [-0.2, 0) is 0 Å². The van der Waals surface area contributed by atoms with E-state index in [1.165, 1.54) is 6.20 Å². The van der Waals surface area contributed by atoms with Crippen molar-refractivity contribution in [3.63, 3.8) is 0 Å². The van der Waals surface area contributed by atoms with Crippen LogP contribution in [0.1, 0.15) is 0 Å². The van der Waals surface area contributed by atoms with Crippen molar-refractivity contribution in [3.8, 4) is 11.3 Å². The van der Waals surface area contributed by atoms with Gasteiger partial charge < -0.3 is 5.73 Å². The maximum Gasteiger partial charge on any atom is 0.279 e. The SMILES string of the molecule is Nc1cn[nH]c1-c1cc(F)ccc1[N+](=O)[O-]. The number of rotatable bonds is 2. The summed E-state index contributed by atoms with van der Waals surface area (Å²) in [5.41, 5.74) is 5.88. The predicted molar refractivity (Wildman–Crippen MR) is 55.0 cm³/mol. The Hall–Kier alpha value is -2.44. The molecule has 1 heterocycles. The first-order valence-corrected chi connectivity index (χ1v) is 4.32. The van der Waals surface area contributed by atoms with E-state index in [0.717, 1.165) is 18.2 Å². The zero-order chi connectivity index (χ0) is 11.7. The van der Waals surface area contributed by atoms with Gasteiger partial charge in [-0.3, -0.25) is 15.2 Å². The molecule has 6 nitrogen and oxygen atoms in total. The van der Waals surface area contributed by atoms with Gasteiger partial charge in [-0.1, -0.05) is 0 Å². The molecule has 2 rings (SSSR count). The molecular weight excluding hydrogens is 215 g/mol. The molecule has 1 aromatic carbocycles. The van der Waals surface area contributed by atoms with E-state index in [1.54, 1.807) is 0 Å². The smallest absolute Gasteiger partial charge is 0.279 e. The molecule has 0 radical (unpaired) electrons. The molecule has 0 aliphatic rings. The minimum Gasteiger partial charge on any atom is -0.396 e. The molecule has 0 fully saturated rings. The van der Waals surface area contributed by atoms with Crippen LogP contribution in [0.3, 0.4) is 0 Å². The van der Waals surface area contributed by atoms with Gasteiger partial charge in [-0.05, 0) is 12.1 Å². The molecule has 0 amide bonds. The summed E-state index contributed by atoms with van der Waals surface area (Å²) in [5, 5.41) is 16.9. The van der Waals surface area contributed by atoms with Crippen molar-refractivity contribution in [3.05, 3.63) is 40.3 Å². The van der Waals surface area contributed by atoms with Gasteiger partial charge in [0.25, 0.3) is 5.69 Å². The Balaban J connectivity index is 2.67. The van der Waals surface area contributed by atoms with Crippen molar-refractivity contribution >= 4 is 11.4 Å². The topological polar surface area (TPSA) is 97.8 Å². The van der Waals surface area contributed by atoms with Crippen molar-refractivity contribution in [1.29, 1.82) is 0 Å². The van der Waals surface area contributed by atoms with Gasteiger partial charge in [0.05, 0.1) is 28.1 Å². The summed E-state index contributed by atoms with van der Waals surface area (Å²) in [6.45, 7) is 0. The maximum atomic E-state index is 13.0. The third-order valence-corrected chi connectivity index (χ3v) is 2.09. The number of benzene rings is 1. The number of halogens is 1. The van der Waals surface area contributed by atoms with E-state index in [1.807, 2.05) is 0 Å². The molecule has 0 atom stereocenters. The van der Waals surface area contributed by atoms with Crippen molar-refractivity contribution in [2.45, 2.75) is 0 Å². The monoisotopic (exact) mass is 222 g/mol. The fourth-order valence-electron chi connectivity index (χ4n) is 1.38. The Morgan fingerprint density at radius 2 is 2.25 bits per heavy atom. The molecule has 0 bridgehead atoms. The number of aromatic amines is 1. The number of anilines is 1. The number of nitrogens with zero attached hydrogens (tertiary/aromatic N) is 2. The Labute approximate surface area is 89.0 Å². The fourth-order valence-corrected chi connectivity index (χ4v) is 1.38. The molecule has 16 heavy (non-hydrogen) atoms. The molecule has 0 saturated carbocycles. The number of hydrogen-bond donors (Lipinski definition) is 2. The van der Waals surface area contributed by atoms with Crippen molar-refractivity contribution in [2.24, 2.45) is 0 Å². The van der Waals surface area contributed by atoms with Crippen molar-refractivity contribution in [1.82, 2.24) is 10.2 Å². The molecule has 82 valence electrons. The minimum atomic E-state index is -0.602. The zero-order valence-electron chi connectivity index (χ0n) is 7.98. The number of hydrogen-bond acceptors (Lipinski definition) is 4. The first-order valence-electron chi connectivity index (χ1n) is 4.32. The summed E-state index contributed by atoms with van der Waals surface area (Å²) < 4.78 is 13.0. The molecule has 0 aliphatic heterocycles.